The Bertz CT molecular complexity index is 1240. The van der Waals surface area contributed by atoms with Crippen LogP contribution in [-0.2, 0) is 11.3 Å². The molecule has 0 aliphatic carbocycles. The van der Waals surface area contributed by atoms with Crippen molar-refractivity contribution in [3.63, 3.8) is 0 Å². The molecule has 1 atom stereocenters. The zero-order valence-corrected chi connectivity index (χ0v) is 19.6. The summed E-state index contributed by atoms with van der Waals surface area (Å²) < 4.78 is 55.0. The highest BCUT2D eigenvalue weighted by Gasteiger charge is 2.41. The molecule has 12 heteroatoms. The number of carbonyl (C=O) groups excluding carboxylic acids is 1. The first-order valence-corrected chi connectivity index (χ1v) is 10.7. The third kappa shape index (κ3) is 4.78. The maximum atomic E-state index is 13.5. The molecule has 0 fully saturated rings. The largest absolute Gasteiger partial charge is 0.491 e. The molecule has 0 bridgehead atoms. The van der Waals surface area contributed by atoms with Crippen LogP contribution in [-0.4, -0.2) is 59.8 Å². The number of nitrogens with zero attached hydrogens (tertiary/aromatic N) is 5. The summed E-state index contributed by atoms with van der Waals surface area (Å²) in [5, 5.41) is 3.80. The van der Waals surface area contributed by atoms with Crippen molar-refractivity contribution in [1.29, 1.82) is 0 Å². The van der Waals surface area contributed by atoms with Gasteiger partial charge in [0.15, 0.2) is 5.75 Å². The fourth-order valence-electron chi connectivity index (χ4n) is 4.16. The zero-order valence-electron chi connectivity index (χ0n) is 19.6. The van der Waals surface area contributed by atoms with Gasteiger partial charge in [-0.1, -0.05) is 0 Å². The van der Waals surface area contributed by atoms with E-state index in [1.165, 1.54) is 38.6 Å². The van der Waals surface area contributed by atoms with E-state index in [1.54, 1.807) is 25.3 Å². The number of anilines is 1. The van der Waals surface area contributed by atoms with Gasteiger partial charge in [0.05, 0.1) is 49.1 Å². The number of ether oxygens (including phenoxy) is 3. The number of alkyl halides is 3. The topological polar surface area (TPSA) is 91.6 Å². The van der Waals surface area contributed by atoms with Gasteiger partial charge in [-0.15, -0.1) is 0 Å². The van der Waals surface area contributed by atoms with Crippen LogP contribution in [0.3, 0.4) is 0 Å². The van der Waals surface area contributed by atoms with Gasteiger partial charge in [0.25, 0.3) is 11.8 Å². The number of amides is 1. The van der Waals surface area contributed by atoms with Crippen LogP contribution >= 0.6 is 0 Å². The van der Waals surface area contributed by atoms with Crippen molar-refractivity contribution in [3.8, 4) is 22.9 Å². The van der Waals surface area contributed by atoms with Crippen LogP contribution in [0.4, 0.5) is 18.9 Å². The van der Waals surface area contributed by atoms with Crippen LogP contribution in [0, 0.1) is 6.92 Å². The van der Waals surface area contributed by atoms with E-state index in [9.17, 15) is 18.0 Å². The molecular formula is C23H24F3N5O4. The molecule has 186 valence electrons. The number of hydrogen-bond donors (Lipinski definition) is 0. The molecule has 4 heterocycles. The summed E-state index contributed by atoms with van der Waals surface area (Å²) in [6.07, 6.45) is 0.0157. The Balaban J connectivity index is 1.77. The van der Waals surface area contributed by atoms with Crippen LogP contribution in [0.1, 0.15) is 34.1 Å². The van der Waals surface area contributed by atoms with Crippen molar-refractivity contribution in [1.82, 2.24) is 19.7 Å². The lowest BCUT2D eigenvalue weighted by molar-refractivity contribution is -0.142. The van der Waals surface area contributed by atoms with Crippen molar-refractivity contribution < 1.29 is 32.2 Å². The van der Waals surface area contributed by atoms with E-state index in [4.69, 9.17) is 19.2 Å². The maximum Gasteiger partial charge on any atom is 0.408 e. The normalized spacial score (nSPS) is 15.5. The Kier molecular flexibility index (Phi) is 6.66. The minimum absolute atomic E-state index is 0.257. The second-order valence-corrected chi connectivity index (χ2v) is 8.00. The monoisotopic (exact) mass is 491 g/mol. The molecule has 3 aromatic rings. The van der Waals surface area contributed by atoms with Crippen LogP contribution in [0.15, 0.2) is 30.7 Å². The summed E-state index contributed by atoms with van der Waals surface area (Å²) in [6, 6.07) is 2.96. The Morgan fingerprint density at radius 2 is 1.89 bits per heavy atom. The van der Waals surface area contributed by atoms with Gasteiger partial charge in [-0.05, 0) is 31.0 Å². The molecule has 1 aliphatic heterocycles. The average Bonchev–Trinajstić information content (AvgIpc) is 3.37. The first kappa shape index (κ1) is 24.5. The molecule has 0 saturated carbocycles. The smallest absolute Gasteiger partial charge is 0.408 e. The Morgan fingerprint density at radius 3 is 2.54 bits per heavy atom. The van der Waals surface area contributed by atoms with Gasteiger partial charge in [-0.25, -0.2) is 9.97 Å². The molecule has 0 N–H and O–H groups in total. The molecular weight excluding hydrogens is 467 g/mol. The van der Waals surface area contributed by atoms with Crippen LogP contribution < -0.4 is 14.4 Å². The van der Waals surface area contributed by atoms with Gasteiger partial charge in [-0.2, -0.15) is 18.3 Å². The molecule has 0 aromatic carbocycles. The van der Waals surface area contributed by atoms with Gasteiger partial charge in [-0.3, -0.25) is 14.4 Å². The summed E-state index contributed by atoms with van der Waals surface area (Å²) in [7, 11) is 4.52. The third-order valence-corrected chi connectivity index (χ3v) is 5.67. The van der Waals surface area contributed by atoms with E-state index in [0.717, 1.165) is 4.68 Å². The number of fused-ring (bicyclic) bond motifs is 1. The van der Waals surface area contributed by atoms with Gasteiger partial charge in [0.2, 0.25) is 0 Å². The number of aryl methyl sites for hydroxylation is 1. The second kappa shape index (κ2) is 9.53. The van der Waals surface area contributed by atoms with Gasteiger partial charge in [0, 0.05) is 31.7 Å². The number of rotatable bonds is 8. The average molecular weight is 491 g/mol. The molecule has 1 aliphatic rings. The molecule has 35 heavy (non-hydrogen) atoms. The molecule has 4 rings (SSSR count). The Morgan fingerprint density at radius 1 is 1.11 bits per heavy atom. The van der Waals surface area contributed by atoms with Crippen LogP contribution in [0.25, 0.3) is 11.3 Å². The number of pyridine rings is 2. The lowest BCUT2D eigenvalue weighted by Gasteiger charge is -2.23. The number of hydrogen-bond acceptors (Lipinski definition) is 7. The molecule has 3 aromatic heterocycles. The van der Waals surface area contributed by atoms with Gasteiger partial charge < -0.3 is 14.2 Å². The van der Waals surface area contributed by atoms with Crippen molar-refractivity contribution in [2.75, 3.05) is 32.8 Å². The number of halogens is 3. The van der Waals surface area contributed by atoms with Crippen molar-refractivity contribution in [2.45, 2.75) is 32.1 Å². The zero-order chi connectivity index (χ0) is 25.3. The summed E-state index contributed by atoms with van der Waals surface area (Å²) in [4.78, 5) is 23.9. The molecule has 9 nitrogen and oxygen atoms in total. The van der Waals surface area contributed by atoms with Crippen molar-refractivity contribution in [3.05, 3.63) is 47.5 Å². The van der Waals surface area contributed by atoms with E-state index in [2.05, 4.69) is 10.1 Å². The fourth-order valence-corrected chi connectivity index (χ4v) is 4.16. The first-order valence-electron chi connectivity index (χ1n) is 10.7. The third-order valence-electron chi connectivity index (χ3n) is 5.67. The quantitative estimate of drug-likeness (QED) is 0.471. The van der Waals surface area contributed by atoms with Crippen LogP contribution in [0.2, 0.25) is 0 Å². The predicted molar refractivity (Wildman–Crippen MR) is 120 cm³/mol. The number of aromatic nitrogens is 4. The summed E-state index contributed by atoms with van der Waals surface area (Å²) in [6.45, 7) is 0.853. The van der Waals surface area contributed by atoms with E-state index in [0.29, 0.717) is 52.7 Å². The highest BCUT2D eigenvalue weighted by molar-refractivity contribution is 6.11. The molecule has 0 radical (unpaired) electrons. The van der Waals surface area contributed by atoms with Gasteiger partial charge in [0.1, 0.15) is 6.54 Å². The molecule has 1 amide bonds. The highest BCUT2D eigenvalue weighted by atomic mass is 19.4. The van der Waals surface area contributed by atoms with Crippen molar-refractivity contribution >= 4 is 11.6 Å². The standard InChI is InChI=1S/C23H24F3N5O4/c1-13-7-16(14-8-18(34-3)21(35-4)27-9-14)29-20-17(5-6-33-2)31(22(32)19(13)20)15-10-28-30(11-15)12-23(24,25)26/h7-11,17H,5-6,12H2,1-4H3. The SMILES string of the molecule is COCCC1c2nc(-c3cnc(OC)c(OC)c3)cc(C)c2C(=O)N1c1cnn(CC(F)(F)F)c1. The van der Waals surface area contributed by atoms with Crippen LogP contribution in [0.5, 0.6) is 11.6 Å². The predicted octanol–water partition coefficient (Wildman–Crippen LogP) is 3.97. The fraction of sp³-hybridized carbons (Fsp3) is 0.391. The van der Waals surface area contributed by atoms with E-state index < -0.39 is 18.8 Å². The Hall–Kier alpha value is -3.67. The highest BCUT2D eigenvalue weighted by Crippen LogP contribution is 2.41. The minimum Gasteiger partial charge on any atom is -0.491 e. The summed E-state index contributed by atoms with van der Waals surface area (Å²) >= 11 is 0. The lowest BCUT2D eigenvalue weighted by Crippen LogP contribution is -2.28. The molecule has 0 spiro atoms. The summed E-state index contributed by atoms with van der Waals surface area (Å²) in [5.74, 6) is 0.398. The number of methoxy groups -OCH3 is 3. The minimum atomic E-state index is -4.43. The molecule has 0 saturated heterocycles. The first-order chi connectivity index (χ1) is 16.7. The number of carbonyl (C=O) groups is 1. The van der Waals surface area contributed by atoms with Gasteiger partial charge >= 0.3 is 6.18 Å². The Labute approximate surface area is 199 Å². The lowest BCUT2D eigenvalue weighted by atomic mass is 10.0. The summed E-state index contributed by atoms with van der Waals surface area (Å²) in [5.41, 5.74) is 3.08. The van der Waals surface area contributed by atoms with E-state index in [1.807, 2.05) is 0 Å². The molecule has 1 unspecified atom stereocenters. The van der Waals surface area contributed by atoms with E-state index in [-0.39, 0.29) is 11.6 Å². The maximum absolute atomic E-state index is 13.5. The second-order valence-electron chi connectivity index (χ2n) is 8.00. The van der Waals surface area contributed by atoms with Crippen molar-refractivity contribution in [2.24, 2.45) is 0 Å². The van der Waals surface area contributed by atoms with E-state index >= 15 is 0 Å².